The Bertz CT molecular complexity index is 323. The Morgan fingerprint density at radius 2 is 2.31 bits per heavy atom. The van der Waals surface area contributed by atoms with Gasteiger partial charge in [0.1, 0.15) is 5.84 Å². The summed E-state index contributed by atoms with van der Waals surface area (Å²) in [5, 5.41) is 11.1. The summed E-state index contributed by atoms with van der Waals surface area (Å²) in [4.78, 5) is 0. The average Bonchev–Trinajstić information content (AvgIpc) is 2.04. The third kappa shape index (κ3) is 2.36. The van der Waals surface area contributed by atoms with E-state index in [-0.39, 0.29) is 5.84 Å². The van der Waals surface area contributed by atoms with Crippen molar-refractivity contribution < 1.29 is 0 Å². The predicted molar refractivity (Wildman–Crippen MR) is 56.6 cm³/mol. The van der Waals surface area contributed by atoms with Crippen LogP contribution in [-0.2, 0) is 0 Å². The normalized spacial score (nSPS) is 9.69. The number of amidine groups is 1. The third-order valence-corrected chi connectivity index (χ3v) is 1.87. The van der Waals surface area contributed by atoms with Crippen molar-refractivity contribution in [1.29, 1.82) is 5.41 Å². The van der Waals surface area contributed by atoms with Crippen LogP contribution >= 0.6 is 11.6 Å². The van der Waals surface area contributed by atoms with E-state index in [0.29, 0.717) is 10.6 Å². The molecule has 0 fully saturated rings. The third-order valence-electron chi connectivity index (χ3n) is 1.64. The van der Waals surface area contributed by atoms with Gasteiger partial charge in [-0.2, -0.15) is 0 Å². The van der Waals surface area contributed by atoms with Crippen molar-refractivity contribution in [2.75, 3.05) is 11.9 Å². The number of benzene rings is 1. The van der Waals surface area contributed by atoms with E-state index in [1.54, 1.807) is 18.2 Å². The highest BCUT2D eigenvalue weighted by molar-refractivity contribution is 6.31. The Morgan fingerprint density at radius 1 is 1.62 bits per heavy atom. The zero-order valence-electron chi connectivity index (χ0n) is 7.39. The molecule has 3 nitrogen and oxygen atoms in total. The van der Waals surface area contributed by atoms with Gasteiger partial charge in [-0.05, 0) is 25.1 Å². The zero-order chi connectivity index (χ0) is 9.84. The second-order valence-corrected chi connectivity index (χ2v) is 3.07. The molecular formula is C9H12ClN3. The number of hydrogen-bond donors (Lipinski definition) is 3. The first kappa shape index (κ1) is 9.86. The zero-order valence-corrected chi connectivity index (χ0v) is 8.15. The topological polar surface area (TPSA) is 61.9 Å². The second-order valence-electron chi connectivity index (χ2n) is 2.63. The molecule has 0 saturated carbocycles. The molecule has 1 aromatic carbocycles. The van der Waals surface area contributed by atoms with E-state index in [1.807, 2.05) is 6.92 Å². The van der Waals surface area contributed by atoms with Crippen molar-refractivity contribution in [1.82, 2.24) is 0 Å². The molecule has 0 amide bonds. The van der Waals surface area contributed by atoms with Crippen LogP contribution in [0, 0.1) is 5.41 Å². The number of nitrogens with two attached hydrogens (primary N) is 1. The van der Waals surface area contributed by atoms with Gasteiger partial charge >= 0.3 is 0 Å². The minimum Gasteiger partial charge on any atom is -0.385 e. The summed E-state index contributed by atoms with van der Waals surface area (Å²) in [5.41, 5.74) is 6.89. The van der Waals surface area contributed by atoms with Crippen LogP contribution in [0.4, 0.5) is 5.69 Å². The fraction of sp³-hybridized carbons (Fsp3) is 0.222. The SMILES string of the molecule is CCNc1cc(Cl)ccc1C(=N)N. The van der Waals surface area contributed by atoms with Crippen molar-refractivity contribution in [3.8, 4) is 0 Å². The molecule has 1 rings (SSSR count). The average molecular weight is 198 g/mol. The number of nitrogen functional groups attached to an aromatic ring is 1. The number of rotatable bonds is 3. The Kier molecular flexibility index (Phi) is 3.14. The summed E-state index contributed by atoms with van der Waals surface area (Å²) >= 11 is 5.81. The minimum absolute atomic E-state index is 0.0487. The van der Waals surface area contributed by atoms with Crippen LogP contribution in [0.5, 0.6) is 0 Å². The molecule has 0 heterocycles. The highest BCUT2D eigenvalue weighted by atomic mass is 35.5. The maximum atomic E-state index is 7.32. The van der Waals surface area contributed by atoms with Crippen LogP contribution in [-0.4, -0.2) is 12.4 Å². The Balaban J connectivity index is 3.10. The molecule has 0 spiro atoms. The Hall–Kier alpha value is -1.22. The lowest BCUT2D eigenvalue weighted by molar-refractivity contribution is 1.21. The van der Waals surface area contributed by atoms with E-state index in [1.165, 1.54) is 0 Å². The van der Waals surface area contributed by atoms with Crippen LogP contribution < -0.4 is 11.1 Å². The van der Waals surface area contributed by atoms with Gasteiger partial charge in [-0.1, -0.05) is 11.6 Å². The molecule has 1 aromatic rings. The van der Waals surface area contributed by atoms with Gasteiger partial charge in [0.05, 0.1) is 0 Å². The van der Waals surface area contributed by atoms with E-state index < -0.39 is 0 Å². The summed E-state index contributed by atoms with van der Waals surface area (Å²) in [7, 11) is 0. The molecule has 0 aliphatic heterocycles. The summed E-state index contributed by atoms with van der Waals surface area (Å²) in [6.07, 6.45) is 0. The quantitative estimate of drug-likeness (QED) is 0.513. The lowest BCUT2D eigenvalue weighted by Gasteiger charge is -2.09. The van der Waals surface area contributed by atoms with Gasteiger partial charge in [-0.3, -0.25) is 5.41 Å². The van der Waals surface area contributed by atoms with Gasteiger partial charge < -0.3 is 11.1 Å². The molecule has 0 bridgehead atoms. The van der Waals surface area contributed by atoms with Crippen LogP contribution in [0.25, 0.3) is 0 Å². The van der Waals surface area contributed by atoms with E-state index in [4.69, 9.17) is 22.7 Å². The number of hydrogen-bond acceptors (Lipinski definition) is 2. The van der Waals surface area contributed by atoms with Gasteiger partial charge in [0.25, 0.3) is 0 Å². The molecular weight excluding hydrogens is 186 g/mol. The van der Waals surface area contributed by atoms with E-state index >= 15 is 0 Å². The smallest absolute Gasteiger partial charge is 0.124 e. The largest absolute Gasteiger partial charge is 0.385 e. The minimum atomic E-state index is 0.0487. The van der Waals surface area contributed by atoms with E-state index in [0.717, 1.165) is 12.2 Å². The highest BCUT2D eigenvalue weighted by Gasteiger charge is 2.04. The van der Waals surface area contributed by atoms with Crippen molar-refractivity contribution in [3.05, 3.63) is 28.8 Å². The predicted octanol–water partition coefficient (Wildman–Crippen LogP) is 2.06. The summed E-state index contributed by atoms with van der Waals surface area (Å²) < 4.78 is 0. The van der Waals surface area contributed by atoms with Crippen molar-refractivity contribution in [2.24, 2.45) is 5.73 Å². The molecule has 70 valence electrons. The molecule has 0 atom stereocenters. The van der Waals surface area contributed by atoms with Crippen molar-refractivity contribution in [2.45, 2.75) is 6.92 Å². The molecule has 13 heavy (non-hydrogen) atoms. The number of halogens is 1. The fourth-order valence-electron chi connectivity index (χ4n) is 1.09. The monoisotopic (exact) mass is 197 g/mol. The van der Waals surface area contributed by atoms with Gasteiger partial charge in [-0.25, -0.2) is 0 Å². The highest BCUT2D eigenvalue weighted by Crippen LogP contribution is 2.20. The lowest BCUT2D eigenvalue weighted by atomic mass is 10.1. The van der Waals surface area contributed by atoms with Crippen LogP contribution in [0.2, 0.25) is 5.02 Å². The summed E-state index contributed by atoms with van der Waals surface area (Å²) in [6, 6.07) is 5.23. The summed E-state index contributed by atoms with van der Waals surface area (Å²) in [6.45, 7) is 2.76. The van der Waals surface area contributed by atoms with Crippen LogP contribution in [0.1, 0.15) is 12.5 Å². The van der Waals surface area contributed by atoms with Gasteiger partial charge in [0, 0.05) is 22.8 Å². The molecule has 0 unspecified atom stereocenters. The van der Waals surface area contributed by atoms with Crippen LogP contribution in [0.15, 0.2) is 18.2 Å². The maximum absolute atomic E-state index is 7.32. The fourth-order valence-corrected chi connectivity index (χ4v) is 1.26. The number of anilines is 1. The first-order chi connectivity index (χ1) is 6.15. The Labute approximate surface area is 82.4 Å². The molecule has 0 saturated heterocycles. The molecule has 0 aliphatic carbocycles. The van der Waals surface area contributed by atoms with Crippen molar-refractivity contribution in [3.63, 3.8) is 0 Å². The first-order valence-electron chi connectivity index (χ1n) is 4.03. The molecule has 4 N–H and O–H groups in total. The second kappa shape index (κ2) is 4.14. The van der Waals surface area contributed by atoms with Gasteiger partial charge in [0.2, 0.25) is 0 Å². The Morgan fingerprint density at radius 3 is 2.85 bits per heavy atom. The molecule has 4 heteroatoms. The lowest BCUT2D eigenvalue weighted by Crippen LogP contribution is -2.14. The first-order valence-corrected chi connectivity index (χ1v) is 4.40. The standard InChI is InChI=1S/C9H12ClN3/c1-2-13-8-5-6(10)3-4-7(8)9(11)12/h3-5,13H,2H2,1H3,(H3,11,12). The molecule has 0 aromatic heterocycles. The van der Waals surface area contributed by atoms with Gasteiger partial charge in [-0.15, -0.1) is 0 Å². The molecule has 0 aliphatic rings. The van der Waals surface area contributed by atoms with Gasteiger partial charge in [0.15, 0.2) is 0 Å². The van der Waals surface area contributed by atoms with E-state index in [9.17, 15) is 0 Å². The summed E-state index contributed by atoms with van der Waals surface area (Å²) in [5.74, 6) is 0.0487. The van der Waals surface area contributed by atoms with E-state index in [2.05, 4.69) is 5.32 Å². The van der Waals surface area contributed by atoms with Crippen LogP contribution in [0.3, 0.4) is 0 Å². The van der Waals surface area contributed by atoms with Crippen molar-refractivity contribution >= 4 is 23.1 Å². The number of nitrogens with one attached hydrogen (secondary N) is 2. The maximum Gasteiger partial charge on any atom is 0.124 e. The molecule has 0 radical (unpaired) electrons.